The van der Waals surface area contributed by atoms with Crippen LogP contribution in [0, 0.1) is 13.8 Å². The van der Waals surface area contributed by atoms with Gasteiger partial charge in [-0.1, -0.05) is 19.3 Å². The van der Waals surface area contributed by atoms with E-state index < -0.39 is 0 Å². The Morgan fingerprint density at radius 1 is 1.18 bits per heavy atom. The molecule has 4 nitrogen and oxygen atoms in total. The molecule has 0 atom stereocenters. The van der Waals surface area contributed by atoms with Crippen molar-refractivity contribution in [2.24, 2.45) is 0 Å². The van der Waals surface area contributed by atoms with E-state index in [1.165, 1.54) is 32.1 Å². The summed E-state index contributed by atoms with van der Waals surface area (Å²) in [7, 11) is 0. The quantitative estimate of drug-likeness (QED) is 0.756. The highest BCUT2D eigenvalue weighted by molar-refractivity contribution is 5.73. The molecule has 0 bridgehead atoms. The van der Waals surface area contributed by atoms with Gasteiger partial charge >= 0.3 is 0 Å². The topological polar surface area (TPSA) is 43.6 Å². The van der Waals surface area contributed by atoms with Gasteiger partial charge in [0.05, 0.1) is 23.6 Å². The maximum absolute atomic E-state index is 4.65. The smallest absolute Gasteiger partial charge is 0.177 e. The third-order valence-electron chi connectivity index (χ3n) is 3.61. The van der Waals surface area contributed by atoms with Gasteiger partial charge in [0.1, 0.15) is 5.52 Å². The Morgan fingerprint density at radius 2 is 1.94 bits per heavy atom. The molecule has 2 aromatic rings. The fourth-order valence-electron chi connectivity index (χ4n) is 2.72. The molecule has 0 saturated heterocycles. The van der Waals surface area contributed by atoms with E-state index >= 15 is 0 Å². The van der Waals surface area contributed by atoms with Gasteiger partial charge in [-0.25, -0.2) is 14.6 Å². The van der Waals surface area contributed by atoms with Gasteiger partial charge in [0, 0.05) is 0 Å². The molecule has 2 aromatic heterocycles. The first kappa shape index (κ1) is 10.7. The van der Waals surface area contributed by atoms with Crippen LogP contribution in [0.4, 0.5) is 0 Å². The molecule has 2 heterocycles. The van der Waals surface area contributed by atoms with Crippen molar-refractivity contribution in [2.45, 2.75) is 52.0 Å². The van der Waals surface area contributed by atoms with Crippen molar-refractivity contribution in [1.82, 2.24) is 19.7 Å². The summed E-state index contributed by atoms with van der Waals surface area (Å²) in [6.07, 6.45) is 8.27. The highest BCUT2D eigenvalue weighted by Crippen LogP contribution is 2.30. The van der Waals surface area contributed by atoms with Crippen molar-refractivity contribution in [3.8, 4) is 0 Å². The van der Waals surface area contributed by atoms with Gasteiger partial charge in [0.2, 0.25) is 0 Å². The fraction of sp³-hybridized carbons (Fsp3) is 0.615. The SMILES string of the molecule is Cc1cnc2c(n1)c(C)nn2C1CCCCC1. The summed E-state index contributed by atoms with van der Waals surface area (Å²) in [5.74, 6) is 0. The molecule has 90 valence electrons. The zero-order chi connectivity index (χ0) is 11.8. The van der Waals surface area contributed by atoms with Gasteiger partial charge in [-0.2, -0.15) is 5.10 Å². The van der Waals surface area contributed by atoms with Crippen molar-refractivity contribution in [3.05, 3.63) is 17.6 Å². The summed E-state index contributed by atoms with van der Waals surface area (Å²) in [5, 5.41) is 4.65. The first-order chi connectivity index (χ1) is 8.25. The number of fused-ring (bicyclic) bond motifs is 1. The molecule has 0 aromatic carbocycles. The van der Waals surface area contributed by atoms with E-state index in [1.54, 1.807) is 0 Å². The summed E-state index contributed by atoms with van der Waals surface area (Å²) in [6.45, 7) is 4.00. The van der Waals surface area contributed by atoms with Crippen LogP contribution in [0.5, 0.6) is 0 Å². The average Bonchev–Trinajstić information content (AvgIpc) is 2.68. The zero-order valence-electron chi connectivity index (χ0n) is 10.5. The molecular formula is C13H18N4. The molecule has 3 rings (SSSR count). The molecule has 1 aliphatic carbocycles. The molecule has 1 aliphatic rings. The Balaban J connectivity index is 2.10. The van der Waals surface area contributed by atoms with Crippen LogP contribution in [0.25, 0.3) is 11.2 Å². The Hall–Kier alpha value is -1.45. The zero-order valence-corrected chi connectivity index (χ0v) is 10.5. The van der Waals surface area contributed by atoms with E-state index in [9.17, 15) is 0 Å². The van der Waals surface area contributed by atoms with Crippen LogP contribution in [0.1, 0.15) is 49.5 Å². The van der Waals surface area contributed by atoms with Gasteiger partial charge in [-0.05, 0) is 26.7 Å². The van der Waals surface area contributed by atoms with Crippen LogP contribution in [0.2, 0.25) is 0 Å². The maximum atomic E-state index is 4.65. The van der Waals surface area contributed by atoms with Gasteiger partial charge < -0.3 is 0 Å². The second-order valence-corrected chi connectivity index (χ2v) is 5.01. The van der Waals surface area contributed by atoms with E-state index in [0.29, 0.717) is 6.04 Å². The molecule has 1 saturated carbocycles. The molecule has 4 heteroatoms. The minimum atomic E-state index is 0.525. The van der Waals surface area contributed by atoms with Crippen molar-refractivity contribution in [2.75, 3.05) is 0 Å². The van der Waals surface area contributed by atoms with Crippen molar-refractivity contribution >= 4 is 11.2 Å². The second kappa shape index (κ2) is 4.09. The number of hydrogen-bond acceptors (Lipinski definition) is 3. The number of hydrogen-bond donors (Lipinski definition) is 0. The number of aryl methyl sites for hydroxylation is 2. The number of rotatable bonds is 1. The molecule has 1 fully saturated rings. The lowest BCUT2D eigenvalue weighted by Crippen LogP contribution is -2.14. The van der Waals surface area contributed by atoms with Crippen LogP contribution < -0.4 is 0 Å². The Labute approximate surface area is 101 Å². The number of nitrogens with zero attached hydrogens (tertiary/aromatic N) is 4. The molecule has 0 unspecified atom stereocenters. The molecule has 0 amide bonds. The van der Waals surface area contributed by atoms with Gasteiger partial charge in [0.15, 0.2) is 5.65 Å². The van der Waals surface area contributed by atoms with Crippen LogP contribution in [-0.2, 0) is 0 Å². The second-order valence-electron chi connectivity index (χ2n) is 5.01. The van der Waals surface area contributed by atoms with Crippen LogP contribution in [0.15, 0.2) is 6.20 Å². The first-order valence-electron chi connectivity index (χ1n) is 6.44. The Kier molecular flexibility index (Phi) is 2.57. The summed E-state index contributed by atoms with van der Waals surface area (Å²) in [5.41, 5.74) is 3.89. The lowest BCUT2D eigenvalue weighted by atomic mass is 9.96. The van der Waals surface area contributed by atoms with Gasteiger partial charge in [0.25, 0.3) is 0 Å². The van der Waals surface area contributed by atoms with Gasteiger partial charge in [-0.3, -0.25) is 0 Å². The lowest BCUT2D eigenvalue weighted by Gasteiger charge is -2.22. The molecule has 0 aliphatic heterocycles. The standard InChI is InChI=1S/C13H18N4/c1-9-8-14-13-12(15-9)10(2)16-17(13)11-6-4-3-5-7-11/h8,11H,3-7H2,1-2H3. The van der Waals surface area contributed by atoms with E-state index in [2.05, 4.69) is 19.7 Å². The summed E-state index contributed by atoms with van der Waals surface area (Å²) in [6, 6.07) is 0.525. The van der Waals surface area contributed by atoms with Crippen LogP contribution >= 0.6 is 0 Å². The highest BCUT2D eigenvalue weighted by atomic mass is 15.3. The number of aromatic nitrogens is 4. The van der Waals surface area contributed by atoms with E-state index in [4.69, 9.17) is 0 Å². The van der Waals surface area contributed by atoms with Crippen LogP contribution in [0.3, 0.4) is 0 Å². The average molecular weight is 230 g/mol. The first-order valence-corrected chi connectivity index (χ1v) is 6.44. The normalized spacial score (nSPS) is 17.8. The largest absolute Gasteiger partial charge is 0.246 e. The van der Waals surface area contributed by atoms with E-state index in [-0.39, 0.29) is 0 Å². The summed E-state index contributed by atoms with van der Waals surface area (Å²) < 4.78 is 2.11. The predicted octanol–water partition coefficient (Wildman–Crippen LogP) is 2.95. The minimum Gasteiger partial charge on any atom is -0.246 e. The van der Waals surface area contributed by atoms with E-state index in [1.807, 2.05) is 20.0 Å². The third-order valence-corrected chi connectivity index (χ3v) is 3.61. The molecule has 0 radical (unpaired) electrons. The van der Waals surface area contributed by atoms with Crippen LogP contribution in [-0.4, -0.2) is 19.7 Å². The third kappa shape index (κ3) is 1.81. The summed E-state index contributed by atoms with van der Waals surface area (Å²) >= 11 is 0. The Bertz CT molecular complexity index is 538. The molecule has 0 N–H and O–H groups in total. The highest BCUT2D eigenvalue weighted by Gasteiger charge is 2.20. The molecule has 17 heavy (non-hydrogen) atoms. The van der Waals surface area contributed by atoms with Gasteiger partial charge in [-0.15, -0.1) is 0 Å². The molecule has 0 spiro atoms. The lowest BCUT2D eigenvalue weighted by molar-refractivity contribution is 0.335. The van der Waals surface area contributed by atoms with Crippen molar-refractivity contribution < 1.29 is 0 Å². The Morgan fingerprint density at radius 3 is 2.71 bits per heavy atom. The molecular weight excluding hydrogens is 212 g/mol. The maximum Gasteiger partial charge on any atom is 0.177 e. The summed E-state index contributed by atoms with van der Waals surface area (Å²) in [4.78, 5) is 9.06. The fourth-order valence-corrected chi connectivity index (χ4v) is 2.72. The van der Waals surface area contributed by atoms with E-state index in [0.717, 1.165) is 22.6 Å². The van der Waals surface area contributed by atoms with Crippen molar-refractivity contribution in [3.63, 3.8) is 0 Å². The van der Waals surface area contributed by atoms with Crippen molar-refractivity contribution in [1.29, 1.82) is 0 Å². The monoisotopic (exact) mass is 230 g/mol. The predicted molar refractivity (Wildman–Crippen MR) is 66.9 cm³/mol. The minimum absolute atomic E-state index is 0.525.